The van der Waals surface area contributed by atoms with Gasteiger partial charge in [0.15, 0.2) is 16.2 Å². The molecule has 18 heavy (non-hydrogen) atoms. The van der Waals surface area contributed by atoms with E-state index in [1.54, 1.807) is 24.3 Å². The lowest BCUT2D eigenvalue weighted by Gasteiger charge is -1.98. The Morgan fingerprint density at radius 3 is 2.61 bits per heavy atom. The van der Waals surface area contributed by atoms with E-state index in [-0.39, 0.29) is 5.91 Å². The highest BCUT2D eigenvalue weighted by atomic mass is 32.2. The van der Waals surface area contributed by atoms with E-state index in [9.17, 15) is 9.00 Å². The second-order valence-electron chi connectivity index (χ2n) is 3.49. The number of benzene rings is 1. The van der Waals surface area contributed by atoms with E-state index in [2.05, 4.69) is 10.3 Å². The molecule has 2 rings (SSSR count). The third kappa shape index (κ3) is 3.00. The van der Waals surface area contributed by atoms with Crippen LogP contribution in [0, 0.1) is 0 Å². The van der Waals surface area contributed by atoms with Gasteiger partial charge < -0.3 is 9.87 Å². The van der Waals surface area contributed by atoms with Crippen molar-refractivity contribution in [3.63, 3.8) is 0 Å². The van der Waals surface area contributed by atoms with Crippen LogP contribution in [0.1, 0.15) is 6.92 Å². The minimum absolute atomic E-state index is 0.165. The predicted molar refractivity (Wildman–Crippen MR) is 70.9 cm³/mol. The number of anilines is 1. The van der Waals surface area contributed by atoms with Gasteiger partial charge in [0.25, 0.3) is 0 Å². The number of hydrogen-bond donors (Lipinski definition) is 2. The fourth-order valence-electron chi connectivity index (χ4n) is 1.36. The molecule has 7 heteroatoms. The Morgan fingerprint density at radius 1 is 1.39 bits per heavy atom. The molecule has 2 aromatic rings. The van der Waals surface area contributed by atoms with Crippen LogP contribution in [0.25, 0.3) is 11.3 Å². The standard InChI is InChI=1S/C11H10N2O3S2/c1-7(14)12-11-13-10(6-17-11)8-2-4-9(5-3-8)18(15)16/h2-6H,1H3,(H,15,16)(H,12,13,14). The highest BCUT2D eigenvalue weighted by Crippen LogP contribution is 2.25. The summed E-state index contributed by atoms with van der Waals surface area (Å²) in [5, 5.41) is 4.95. The number of hydrogen-bond acceptors (Lipinski definition) is 4. The fourth-order valence-corrected chi connectivity index (χ4v) is 2.49. The molecule has 2 N–H and O–H groups in total. The van der Waals surface area contributed by atoms with Crippen molar-refractivity contribution in [2.24, 2.45) is 0 Å². The molecule has 1 unspecified atom stereocenters. The number of nitrogens with zero attached hydrogens (tertiary/aromatic N) is 1. The van der Waals surface area contributed by atoms with Crippen LogP contribution in [0.3, 0.4) is 0 Å². The van der Waals surface area contributed by atoms with Crippen molar-refractivity contribution in [2.45, 2.75) is 11.8 Å². The topological polar surface area (TPSA) is 79.3 Å². The van der Waals surface area contributed by atoms with Gasteiger partial charge in [-0.15, -0.1) is 11.3 Å². The second-order valence-corrected chi connectivity index (χ2v) is 5.32. The van der Waals surface area contributed by atoms with Crippen LogP contribution in [0.4, 0.5) is 5.13 Å². The first kappa shape index (κ1) is 12.9. The third-order valence-corrected chi connectivity index (χ3v) is 3.57. The van der Waals surface area contributed by atoms with Gasteiger partial charge in [0.2, 0.25) is 5.91 Å². The Bertz CT molecular complexity index is 593. The molecule has 0 radical (unpaired) electrons. The normalized spacial score (nSPS) is 12.1. The number of thiazole rings is 1. The minimum atomic E-state index is -1.97. The molecule has 0 aliphatic carbocycles. The number of amides is 1. The monoisotopic (exact) mass is 282 g/mol. The maximum atomic E-state index is 10.9. The molecule has 0 spiro atoms. The quantitative estimate of drug-likeness (QED) is 0.847. The summed E-state index contributed by atoms with van der Waals surface area (Å²) in [6, 6.07) is 6.58. The highest BCUT2D eigenvalue weighted by Gasteiger charge is 2.06. The SMILES string of the molecule is CC(=O)Nc1nc(-c2ccc(S(=O)O)cc2)cs1. The number of aromatic nitrogens is 1. The number of carbonyl (C=O) groups is 1. The first-order valence-electron chi connectivity index (χ1n) is 5.00. The van der Waals surface area contributed by atoms with Crippen LogP contribution in [0.2, 0.25) is 0 Å². The van der Waals surface area contributed by atoms with E-state index in [4.69, 9.17) is 4.55 Å². The summed E-state index contributed by atoms with van der Waals surface area (Å²) in [4.78, 5) is 15.5. The first-order valence-corrected chi connectivity index (χ1v) is 6.99. The summed E-state index contributed by atoms with van der Waals surface area (Å²) in [6.07, 6.45) is 0. The molecule has 94 valence electrons. The maximum Gasteiger partial charge on any atom is 0.223 e. The number of nitrogens with one attached hydrogen (secondary N) is 1. The Balaban J connectivity index is 2.23. The van der Waals surface area contributed by atoms with Gasteiger partial charge in [-0.1, -0.05) is 12.1 Å². The molecule has 0 aliphatic heterocycles. The summed E-state index contributed by atoms with van der Waals surface area (Å²) < 4.78 is 19.7. The first-order chi connectivity index (χ1) is 8.56. The molecule has 0 saturated heterocycles. The summed E-state index contributed by atoms with van der Waals surface area (Å²) in [7, 11) is 0. The molecule has 0 bridgehead atoms. The van der Waals surface area contributed by atoms with Crippen molar-refractivity contribution < 1.29 is 13.6 Å². The maximum absolute atomic E-state index is 10.9. The van der Waals surface area contributed by atoms with Crippen LogP contribution in [-0.2, 0) is 15.9 Å². The van der Waals surface area contributed by atoms with Gasteiger partial charge >= 0.3 is 0 Å². The Labute approximate surface area is 110 Å². The zero-order valence-electron chi connectivity index (χ0n) is 9.41. The van der Waals surface area contributed by atoms with Crippen molar-refractivity contribution in [2.75, 3.05) is 5.32 Å². The molecule has 1 aromatic carbocycles. The zero-order valence-corrected chi connectivity index (χ0v) is 11.0. The molecule has 1 amide bonds. The van der Waals surface area contributed by atoms with E-state index in [1.807, 2.05) is 5.38 Å². The van der Waals surface area contributed by atoms with Crippen molar-refractivity contribution in [3.05, 3.63) is 29.6 Å². The number of carbonyl (C=O) groups excluding carboxylic acids is 1. The average molecular weight is 282 g/mol. The number of rotatable bonds is 3. The van der Waals surface area contributed by atoms with Gasteiger partial charge in [-0.3, -0.25) is 4.79 Å². The van der Waals surface area contributed by atoms with Gasteiger partial charge in [0, 0.05) is 17.9 Å². The summed E-state index contributed by atoms with van der Waals surface area (Å²) in [6.45, 7) is 1.42. The molecule has 0 aliphatic rings. The summed E-state index contributed by atoms with van der Waals surface area (Å²) >= 11 is -0.640. The van der Waals surface area contributed by atoms with E-state index in [0.717, 1.165) is 11.3 Å². The lowest BCUT2D eigenvalue weighted by Crippen LogP contribution is -2.04. The lowest BCUT2D eigenvalue weighted by atomic mass is 10.2. The Morgan fingerprint density at radius 2 is 2.06 bits per heavy atom. The Kier molecular flexibility index (Phi) is 3.85. The average Bonchev–Trinajstić information content (AvgIpc) is 2.76. The molecular formula is C11H10N2O3S2. The van der Waals surface area contributed by atoms with Crippen molar-refractivity contribution >= 4 is 33.5 Å². The molecule has 1 atom stereocenters. The molecule has 0 saturated carbocycles. The third-order valence-electron chi connectivity index (χ3n) is 2.14. The highest BCUT2D eigenvalue weighted by molar-refractivity contribution is 7.79. The van der Waals surface area contributed by atoms with Crippen molar-refractivity contribution in [1.82, 2.24) is 4.98 Å². The zero-order chi connectivity index (χ0) is 13.1. The predicted octanol–water partition coefficient (Wildman–Crippen LogP) is 2.35. The van der Waals surface area contributed by atoms with Gasteiger partial charge in [0.05, 0.1) is 10.6 Å². The molecular weight excluding hydrogens is 272 g/mol. The van der Waals surface area contributed by atoms with Crippen LogP contribution >= 0.6 is 11.3 Å². The van der Waals surface area contributed by atoms with Crippen LogP contribution < -0.4 is 5.32 Å². The fraction of sp³-hybridized carbons (Fsp3) is 0.0909. The molecule has 0 fully saturated rings. The van der Waals surface area contributed by atoms with Gasteiger partial charge in [-0.05, 0) is 12.1 Å². The molecule has 5 nitrogen and oxygen atoms in total. The van der Waals surface area contributed by atoms with E-state index in [1.165, 1.54) is 18.3 Å². The van der Waals surface area contributed by atoms with Crippen molar-refractivity contribution in [1.29, 1.82) is 0 Å². The lowest BCUT2D eigenvalue weighted by molar-refractivity contribution is -0.114. The largest absolute Gasteiger partial charge is 0.302 e. The van der Waals surface area contributed by atoms with Gasteiger partial charge in [0.1, 0.15) is 0 Å². The Hall–Kier alpha value is -1.57. The van der Waals surface area contributed by atoms with Gasteiger partial charge in [-0.2, -0.15) is 0 Å². The second kappa shape index (κ2) is 5.38. The van der Waals surface area contributed by atoms with Crippen LogP contribution in [-0.4, -0.2) is 19.7 Å². The molecule has 1 heterocycles. The summed E-state index contributed by atoms with van der Waals surface area (Å²) in [5.41, 5.74) is 1.55. The van der Waals surface area contributed by atoms with Crippen molar-refractivity contribution in [3.8, 4) is 11.3 Å². The van der Waals surface area contributed by atoms with E-state index in [0.29, 0.717) is 10.0 Å². The smallest absolute Gasteiger partial charge is 0.223 e. The van der Waals surface area contributed by atoms with Crippen LogP contribution in [0.15, 0.2) is 34.5 Å². The van der Waals surface area contributed by atoms with E-state index >= 15 is 0 Å². The summed E-state index contributed by atoms with van der Waals surface area (Å²) in [5.74, 6) is -0.165. The molecule has 1 aromatic heterocycles. The van der Waals surface area contributed by atoms with Gasteiger partial charge in [-0.25, -0.2) is 9.19 Å². The minimum Gasteiger partial charge on any atom is -0.302 e. The van der Waals surface area contributed by atoms with Crippen LogP contribution in [0.5, 0.6) is 0 Å². The van der Waals surface area contributed by atoms with E-state index < -0.39 is 11.1 Å².